The van der Waals surface area contributed by atoms with Crippen LogP contribution in [0.1, 0.15) is 23.2 Å². The fourth-order valence-electron chi connectivity index (χ4n) is 6.05. The van der Waals surface area contributed by atoms with E-state index in [1.807, 2.05) is 0 Å². The highest BCUT2D eigenvalue weighted by Crippen LogP contribution is 2.45. The first-order chi connectivity index (χ1) is 17.9. The molecule has 0 radical (unpaired) electrons. The molecule has 0 spiro atoms. The topological polar surface area (TPSA) is 35.6 Å². The van der Waals surface area contributed by atoms with Crippen molar-refractivity contribution in [2.75, 3.05) is 0 Å². The van der Waals surface area contributed by atoms with E-state index >= 15 is 0 Å². The van der Waals surface area contributed by atoms with Gasteiger partial charge in [-0.05, 0) is 35.9 Å². The molecule has 0 saturated carbocycles. The number of benzene rings is 4. The maximum Gasteiger partial charge on any atom is 0.168 e. The molecule has 2 atom stereocenters. The van der Waals surface area contributed by atoms with Gasteiger partial charge in [-0.3, -0.25) is 4.57 Å². The van der Waals surface area contributed by atoms with Crippen molar-refractivity contribution >= 4 is 21.8 Å². The lowest BCUT2D eigenvalue weighted by molar-refractivity contribution is 0.633. The molecule has 0 amide bonds. The molecule has 3 heterocycles. The van der Waals surface area contributed by atoms with Crippen LogP contribution in [0.3, 0.4) is 0 Å². The van der Waals surface area contributed by atoms with Crippen LogP contribution >= 0.6 is 0 Å². The molecule has 0 fully saturated rings. The van der Waals surface area contributed by atoms with Crippen LogP contribution in [0.4, 0.5) is 0 Å². The monoisotopic (exact) mass is 462 g/mol. The summed E-state index contributed by atoms with van der Waals surface area (Å²) in [6, 6.07) is 34.5. The lowest BCUT2D eigenvalue weighted by Crippen LogP contribution is -2.22. The van der Waals surface area contributed by atoms with Crippen molar-refractivity contribution in [3.63, 3.8) is 0 Å². The van der Waals surface area contributed by atoms with Crippen LogP contribution in [0.25, 0.3) is 44.6 Å². The van der Waals surface area contributed by atoms with Crippen LogP contribution in [0, 0.1) is 0 Å². The van der Waals surface area contributed by atoms with Crippen LogP contribution in [-0.2, 0) is 0 Å². The Kier molecular flexibility index (Phi) is 4.03. The minimum Gasteiger partial charge on any atom is -0.309 e. The molecule has 0 saturated heterocycles. The fourth-order valence-corrected chi connectivity index (χ4v) is 6.05. The Hall–Kier alpha value is -4.70. The SMILES string of the molecule is C1=CC2c3ccccc3-n3c(-c4cccc(-n5c6ccccc6c6ccccc65)c4)nnc3C2C=C1. The van der Waals surface area contributed by atoms with Crippen LogP contribution in [0.5, 0.6) is 0 Å². The van der Waals surface area contributed by atoms with Gasteiger partial charge in [0.15, 0.2) is 5.82 Å². The smallest absolute Gasteiger partial charge is 0.168 e. The summed E-state index contributed by atoms with van der Waals surface area (Å²) in [5, 5.41) is 12.0. The highest BCUT2D eigenvalue weighted by molar-refractivity contribution is 6.09. The Morgan fingerprint density at radius 2 is 1.28 bits per heavy atom. The maximum absolute atomic E-state index is 4.75. The third-order valence-electron chi connectivity index (χ3n) is 7.60. The molecule has 0 bridgehead atoms. The molecule has 170 valence electrons. The molecule has 6 aromatic rings. The number of hydrogen-bond donors (Lipinski definition) is 0. The zero-order valence-electron chi connectivity index (χ0n) is 19.5. The number of fused-ring (bicyclic) bond motifs is 9. The molecule has 8 rings (SSSR count). The summed E-state index contributed by atoms with van der Waals surface area (Å²) in [5.74, 6) is 2.35. The molecule has 4 aromatic carbocycles. The van der Waals surface area contributed by atoms with Crippen LogP contribution in [-0.4, -0.2) is 19.3 Å². The summed E-state index contributed by atoms with van der Waals surface area (Å²) < 4.78 is 4.60. The third kappa shape index (κ3) is 2.64. The van der Waals surface area contributed by atoms with Gasteiger partial charge in [0, 0.05) is 33.9 Å². The molecular formula is C32H22N4. The lowest BCUT2D eigenvalue weighted by Gasteiger charge is -2.32. The van der Waals surface area contributed by atoms with Crippen molar-refractivity contribution in [2.24, 2.45) is 0 Å². The van der Waals surface area contributed by atoms with E-state index in [0.717, 1.165) is 28.6 Å². The van der Waals surface area contributed by atoms with Crippen molar-refractivity contribution in [1.29, 1.82) is 0 Å². The van der Waals surface area contributed by atoms with Gasteiger partial charge in [-0.25, -0.2) is 0 Å². The summed E-state index contributed by atoms with van der Waals surface area (Å²) in [6.45, 7) is 0. The Balaban J connectivity index is 1.35. The minimum atomic E-state index is 0.187. The zero-order chi connectivity index (χ0) is 23.6. The normalized spacial score (nSPS) is 17.8. The first-order valence-electron chi connectivity index (χ1n) is 12.4. The van der Waals surface area contributed by atoms with Crippen molar-refractivity contribution in [3.8, 4) is 22.8 Å². The largest absolute Gasteiger partial charge is 0.309 e. The van der Waals surface area contributed by atoms with Gasteiger partial charge in [0.1, 0.15) is 5.82 Å². The fraction of sp³-hybridized carbons (Fsp3) is 0.0625. The van der Waals surface area contributed by atoms with Gasteiger partial charge in [0.05, 0.1) is 16.7 Å². The maximum atomic E-state index is 4.75. The first kappa shape index (κ1) is 19.6. The second-order valence-corrected chi connectivity index (χ2v) is 9.52. The predicted octanol–water partition coefficient (Wildman–Crippen LogP) is 7.34. The van der Waals surface area contributed by atoms with Crippen molar-refractivity contribution in [2.45, 2.75) is 11.8 Å². The molecular weight excluding hydrogens is 440 g/mol. The van der Waals surface area contributed by atoms with E-state index < -0.39 is 0 Å². The van der Waals surface area contributed by atoms with Crippen LogP contribution in [0.2, 0.25) is 0 Å². The molecule has 1 aliphatic heterocycles. The van der Waals surface area contributed by atoms with E-state index in [2.05, 4.69) is 131 Å². The highest BCUT2D eigenvalue weighted by Gasteiger charge is 2.35. The number of aromatic nitrogens is 4. The van der Waals surface area contributed by atoms with Crippen molar-refractivity contribution in [3.05, 3.63) is 133 Å². The Labute approximate surface area is 208 Å². The van der Waals surface area contributed by atoms with E-state index in [4.69, 9.17) is 10.2 Å². The van der Waals surface area contributed by atoms with Crippen LogP contribution in [0.15, 0.2) is 121 Å². The quantitative estimate of drug-likeness (QED) is 0.270. The first-order valence-corrected chi connectivity index (χ1v) is 12.4. The van der Waals surface area contributed by atoms with Gasteiger partial charge in [0.25, 0.3) is 0 Å². The Bertz CT molecular complexity index is 1810. The summed E-state index contributed by atoms with van der Waals surface area (Å²) in [6.07, 6.45) is 8.79. The zero-order valence-corrected chi connectivity index (χ0v) is 19.5. The van der Waals surface area contributed by atoms with Gasteiger partial charge < -0.3 is 4.57 Å². The molecule has 2 unspecified atom stereocenters. The summed E-state index contributed by atoms with van der Waals surface area (Å²) in [5.41, 5.74) is 7.05. The van der Waals surface area contributed by atoms with E-state index in [-0.39, 0.29) is 5.92 Å². The van der Waals surface area contributed by atoms with E-state index in [9.17, 15) is 0 Å². The van der Waals surface area contributed by atoms with Crippen molar-refractivity contribution < 1.29 is 0 Å². The number of rotatable bonds is 2. The van der Waals surface area contributed by atoms with Crippen LogP contribution < -0.4 is 0 Å². The molecule has 1 aliphatic carbocycles. The van der Waals surface area contributed by atoms with Gasteiger partial charge in [-0.15, -0.1) is 10.2 Å². The van der Waals surface area contributed by atoms with Gasteiger partial charge in [-0.2, -0.15) is 0 Å². The second kappa shape index (κ2) is 7.40. The number of allylic oxidation sites excluding steroid dienone is 4. The Morgan fingerprint density at radius 3 is 2.08 bits per heavy atom. The van der Waals surface area contributed by atoms with E-state index in [0.29, 0.717) is 5.92 Å². The molecule has 2 aliphatic rings. The number of hydrogen-bond acceptors (Lipinski definition) is 2. The average Bonchev–Trinajstić information content (AvgIpc) is 3.54. The molecule has 4 nitrogen and oxygen atoms in total. The third-order valence-corrected chi connectivity index (χ3v) is 7.60. The molecule has 36 heavy (non-hydrogen) atoms. The molecule has 4 heteroatoms. The van der Waals surface area contributed by atoms with Gasteiger partial charge >= 0.3 is 0 Å². The molecule has 2 aromatic heterocycles. The van der Waals surface area contributed by atoms with E-state index in [1.165, 1.54) is 27.4 Å². The standard InChI is InChI=1S/C32H22N4/c1-2-16-27-23(12-1)24-13-3-8-19-30(24)36-31(33-34-32(27)36)21-10-9-11-22(20-21)35-28-17-6-4-14-25(28)26-15-5-7-18-29(26)35/h1-20,23,27H. The van der Waals surface area contributed by atoms with Gasteiger partial charge in [0.2, 0.25) is 0 Å². The summed E-state index contributed by atoms with van der Waals surface area (Å²) in [7, 11) is 0. The second-order valence-electron chi connectivity index (χ2n) is 9.52. The summed E-state index contributed by atoms with van der Waals surface area (Å²) in [4.78, 5) is 0. The average molecular weight is 463 g/mol. The Morgan fingerprint density at radius 1 is 0.583 bits per heavy atom. The molecule has 0 N–H and O–H groups in total. The highest BCUT2D eigenvalue weighted by atomic mass is 15.3. The van der Waals surface area contributed by atoms with Crippen molar-refractivity contribution in [1.82, 2.24) is 19.3 Å². The van der Waals surface area contributed by atoms with E-state index in [1.54, 1.807) is 0 Å². The predicted molar refractivity (Wildman–Crippen MR) is 145 cm³/mol. The number of nitrogens with zero attached hydrogens (tertiary/aromatic N) is 4. The van der Waals surface area contributed by atoms with Gasteiger partial charge in [-0.1, -0.05) is 91.0 Å². The minimum absolute atomic E-state index is 0.187. The number of para-hydroxylation sites is 3. The lowest BCUT2D eigenvalue weighted by atomic mass is 9.79. The summed E-state index contributed by atoms with van der Waals surface area (Å²) >= 11 is 0.